The van der Waals surface area contributed by atoms with Crippen LogP contribution in [0.2, 0.25) is 0 Å². The van der Waals surface area contributed by atoms with Gasteiger partial charge in [-0.3, -0.25) is 4.90 Å². The van der Waals surface area contributed by atoms with E-state index < -0.39 is 0 Å². The minimum Gasteiger partial charge on any atom is -0.468 e. The minimum atomic E-state index is 0.378. The van der Waals surface area contributed by atoms with Gasteiger partial charge >= 0.3 is 0 Å². The van der Waals surface area contributed by atoms with E-state index in [1.54, 1.807) is 12.5 Å². The van der Waals surface area contributed by atoms with E-state index in [0.717, 1.165) is 17.1 Å². The van der Waals surface area contributed by atoms with E-state index in [-0.39, 0.29) is 0 Å². The third kappa shape index (κ3) is 4.19. The Kier molecular flexibility index (Phi) is 5.20. The summed E-state index contributed by atoms with van der Waals surface area (Å²) in [6.45, 7) is 3.41. The highest BCUT2D eigenvalue weighted by molar-refractivity contribution is 5.77. The second kappa shape index (κ2) is 8.45. The molecule has 0 unspecified atom stereocenters. The van der Waals surface area contributed by atoms with Crippen molar-refractivity contribution in [3.8, 4) is 22.7 Å². The van der Waals surface area contributed by atoms with E-state index >= 15 is 0 Å². The van der Waals surface area contributed by atoms with Crippen LogP contribution in [0, 0.1) is 6.92 Å². The number of benzene rings is 1. The summed E-state index contributed by atoms with van der Waals surface area (Å²) < 4.78 is 22.4. The molecular formula is C23H20N4O4. The zero-order valence-corrected chi connectivity index (χ0v) is 16.9. The van der Waals surface area contributed by atoms with Crippen molar-refractivity contribution >= 4 is 0 Å². The average molecular weight is 416 g/mol. The second-order valence-corrected chi connectivity index (χ2v) is 7.13. The van der Waals surface area contributed by atoms with Gasteiger partial charge in [0, 0.05) is 5.56 Å². The Bertz CT molecular complexity index is 1190. The summed E-state index contributed by atoms with van der Waals surface area (Å²) in [5.41, 5.74) is 2.30. The molecule has 1 aromatic carbocycles. The van der Waals surface area contributed by atoms with Crippen LogP contribution in [0.15, 0.2) is 84.9 Å². The molecule has 5 aromatic rings. The normalized spacial score (nSPS) is 11.4. The monoisotopic (exact) mass is 416 g/mol. The first-order chi connectivity index (χ1) is 15.3. The van der Waals surface area contributed by atoms with E-state index in [0.29, 0.717) is 48.4 Å². The Morgan fingerprint density at radius 1 is 0.806 bits per heavy atom. The van der Waals surface area contributed by atoms with E-state index in [9.17, 15) is 0 Å². The van der Waals surface area contributed by atoms with Crippen LogP contribution in [0.1, 0.15) is 23.2 Å². The molecule has 0 spiro atoms. The van der Waals surface area contributed by atoms with Crippen molar-refractivity contribution < 1.29 is 17.8 Å². The first-order valence-corrected chi connectivity index (χ1v) is 9.88. The summed E-state index contributed by atoms with van der Waals surface area (Å²) in [6, 6.07) is 17.4. The van der Waals surface area contributed by atoms with Gasteiger partial charge in [0.05, 0.1) is 32.2 Å². The van der Waals surface area contributed by atoms with Crippen molar-refractivity contribution in [1.29, 1.82) is 0 Å². The van der Waals surface area contributed by atoms with Gasteiger partial charge in [0.15, 0.2) is 0 Å². The topological polar surface area (TPSA) is 94.5 Å². The third-order valence-electron chi connectivity index (χ3n) is 4.87. The van der Waals surface area contributed by atoms with Gasteiger partial charge in [0.25, 0.3) is 5.89 Å². The summed E-state index contributed by atoms with van der Waals surface area (Å²) in [6.07, 6.45) is 3.32. The maximum absolute atomic E-state index is 6.01. The second-order valence-electron chi connectivity index (χ2n) is 7.13. The summed E-state index contributed by atoms with van der Waals surface area (Å²) >= 11 is 0. The van der Waals surface area contributed by atoms with Crippen molar-refractivity contribution in [2.45, 2.75) is 26.6 Å². The minimum absolute atomic E-state index is 0.378. The van der Waals surface area contributed by atoms with Crippen molar-refractivity contribution in [3.05, 3.63) is 90.3 Å². The van der Waals surface area contributed by atoms with Crippen molar-refractivity contribution in [1.82, 2.24) is 20.3 Å². The molecule has 5 rings (SSSR count). The smallest absolute Gasteiger partial charge is 0.253 e. The molecule has 4 heterocycles. The van der Waals surface area contributed by atoms with Crippen molar-refractivity contribution in [2.75, 3.05) is 0 Å². The molecular weight excluding hydrogens is 396 g/mol. The number of aromatic nitrogens is 3. The average Bonchev–Trinajstić information content (AvgIpc) is 3.57. The van der Waals surface area contributed by atoms with Crippen LogP contribution in [0.5, 0.6) is 0 Å². The van der Waals surface area contributed by atoms with E-state index in [1.165, 1.54) is 0 Å². The highest BCUT2D eigenvalue weighted by Gasteiger charge is 2.23. The van der Waals surface area contributed by atoms with Crippen LogP contribution in [0.25, 0.3) is 22.7 Å². The van der Waals surface area contributed by atoms with Gasteiger partial charge in [-0.25, -0.2) is 0 Å². The highest BCUT2D eigenvalue weighted by Crippen LogP contribution is 2.33. The maximum Gasteiger partial charge on any atom is 0.253 e. The summed E-state index contributed by atoms with van der Waals surface area (Å²) in [5, 5.41) is 12.7. The molecule has 31 heavy (non-hydrogen) atoms. The zero-order chi connectivity index (χ0) is 21.0. The quantitative estimate of drug-likeness (QED) is 0.345. The molecule has 156 valence electrons. The number of nitrogens with zero attached hydrogens (tertiary/aromatic N) is 4. The summed E-state index contributed by atoms with van der Waals surface area (Å²) in [4.78, 5) is 2.10. The number of aryl methyl sites for hydroxylation is 1. The predicted octanol–water partition coefficient (Wildman–Crippen LogP) is 5.09. The van der Waals surface area contributed by atoms with Crippen LogP contribution in [0.4, 0.5) is 0 Å². The molecule has 4 aromatic heterocycles. The Hall–Kier alpha value is -3.91. The van der Waals surface area contributed by atoms with Gasteiger partial charge in [0.2, 0.25) is 5.89 Å². The SMILES string of the molecule is Cc1onc(-c2ccccc2)c1-c1nnc(CN(Cc2ccco2)Cc2ccco2)o1. The van der Waals surface area contributed by atoms with Gasteiger partial charge in [-0.2, -0.15) is 0 Å². The number of rotatable bonds is 8. The van der Waals surface area contributed by atoms with E-state index in [1.807, 2.05) is 61.5 Å². The Balaban J connectivity index is 1.40. The highest BCUT2D eigenvalue weighted by atomic mass is 16.5. The van der Waals surface area contributed by atoms with Gasteiger partial charge in [-0.1, -0.05) is 35.5 Å². The first-order valence-electron chi connectivity index (χ1n) is 9.88. The molecule has 0 aliphatic carbocycles. The number of hydrogen-bond acceptors (Lipinski definition) is 8. The molecule has 0 amide bonds. The lowest BCUT2D eigenvalue weighted by Crippen LogP contribution is -2.22. The lowest BCUT2D eigenvalue weighted by molar-refractivity contribution is 0.191. The lowest BCUT2D eigenvalue weighted by Gasteiger charge is -2.17. The first kappa shape index (κ1) is 19.1. The molecule has 0 fully saturated rings. The lowest BCUT2D eigenvalue weighted by atomic mass is 10.1. The maximum atomic E-state index is 6.01. The fourth-order valence-corrected chi connectivity index (χ4v) is 3.44. The van der Waals surface area contributed by atoms with Crippen LogP contribution in [-0.2, 0) is 19.6 Å². The Labute approximate surface area is 178 Å². The fraction of sp³-hybridized carbons (Fsp3) is 0.174. The van der Waals surface area contributed by atoms with Gasteiger partial charge in [-0.05, 0) is 31.2 Å². The standard InChI is InChI=1S/C23H20N4O4/c1-16-21(22(26-31-16)17-7-3-2-4-8-17)23-25-24-20(30-23)15-27(13-18-9-5-11-28-18)14-19-10-6-12-29-19/h2-12H,13-15H2,1H3. The molecule has 0 aliphatic rings. The molecule has 0 N–H and O–H groups in total. The Morgan fingerprint density at radius 3 is 2.16 bits per heavy atom. The predicted molar refractivity (Wildman–Crippen MR) is 110 cm³/mol. The molecule has 0 radical (unpaired) electrons. The Morgan fingerprint density at radius 2 is 1.52 bits per heavy atom. The number of furan rings is 2. The molecule has 0 bridgehead atoms. The van der Waals surface area contributed by atoms with Gasteiger partial charge in [0.1, 0.15) is 28.5 Å². The van der Waals surface area contributed by atoms with Gasteiger partial charge < -0.3 is 17.8 Å². The van der Waals surface area contributed by atoms with Crippen LogP contribution in [-0.4, -0.2) is 20.3 Å². The molecule has 0 atom stereocenters. The van der Waals surface area contributed by atoms with Crippen molar-refractivity contribution in [2.24, 2.45) is 0 Å². The summed E-state index contributed by atoms with van der Waals surface area (Å²) in [5.74, 6) is 3.16. The molecule has 8 heteroatoms. The summed E-state index contributed by atoms with van der Waals surface area (Å²) in [7, 11) is 0. The van der Waals surface area contributed by atoms with Crippen LogP contribution < -0.4 is 0 Å². The van der Waals surface area contributed by atoms with Gasteiger partial charge in [-0.15, -0.1) is 10.2 Å². The number of hydrogen-bond donors (Lipinski definition) is 0. The van der Waals surface area contributed by atoms with E-state index in [2.05, 4.69) is 20.3 Å². The van der Waals surface area contributed by atoms with Crippen LogP contribution >= 0.6 is 0 Å². The third-order valence-corrected chi connectivity index (χ3v) is 4.87. The largest absolute Gasteiger partial charge is 0.468 e. The van der Waals surface area contributed by atoms with E-state index in [4.69, 9.17) is 17.8 Å². The molecule has 0 aliphatic heterocycles. The van der Waals surface area contributed by atoms with Crippen LogP contribution in [0.3, 0.4) is 0 Å². The molecule has 0 saturated carbocycles. The zero-order valence-electron chi connectivity index (χ0n) is 16.9. The molecule has 0 saturated heterocycles. The van der Waals surface area contributed by atoms with Crippen molar-refractivity contribution in [3.63, 3.8) is 0 Å². The fourth-order valence-electron chi connectivity index (χ4n) is 3.44. The molecule has 8 nitrogen and oxygen atoms in total.